The Labute approximate surface area is 140 Å². The fourth-order valence-corrected chi connectivity index (χ4v) is 3.96. The second-order valence-corrected chi connectivity index (χ2v) is 6.64. The Kier molecular flexibility index (Phi) is 5.55. The fraction of sp³-hybridized carbons (Fsp3) is 0.333. The summed E-state index contributed by atoms with van der Waals surface area (Å²) in [5.74, 6) is -0.844. The molecule has 2 rings (SSSR count). The maximum atomic E-state index is 12.7. The van der Waals surface area contributed by atoms with Crippen LogP contribution in [-0.4, -0.2) is 11.8 Å². The van der Waals surface area contributed by atoms with Gasteiger partial charge in [-0.2, -0.15) is 0 Å². The third kappa shape index (κ3) is 3.62. The van der Waals surface area contributed by atoms with Crippen LogP contribution in [0.5, 0.6) is 0 Å². The zero-order chi connectivity index (χ0) is 17.0. The first kappa shape index (κ1) is 17.2. The van der Waals surface area contributed by atoms with E-state index >= 15 is 0 Å². The van der Waals surface area contributed by atoms with Gasteiger partial charge < -0.3 is 11.1 Å². The molecule has 1 aromatic carbocycles. The van der Waals surface area contributed by atoms with Gasteiger partial charge in [0.25, 0.3) is 5.91 Å². The largest absolute Gasteiger partial charge is 0.365 e. The minimum Gasteiger partial charge on any atom is -0.365 e. The van der Waals surface area contributed by atoms with Gasteiger partial charge in [0.2, 0.25) is 5.91 Å². The first-order valence-electron chi connectivity index (χ1n) is 7.77. The van der Waals surface area contributed by atoms with Crippen LogP contribution in [0.25, 0.3) is 0 Å². The van der Waals surface area contributed by atoms with E-state index in [2.05, 4.69) is 5.32 Å². The van der Waals surface area contributed by atoms with Crippen molar-refractivity contribution in [2.75, 3.05) is 5.32 Å². The predicted molar refractivity (Wildman–Crippen MR) is 95.1 cm³/mol. The molecule has 0 saturated heterocycles. The number of benzene rings is 1. The fourth-order valence-electron chi connectivity index (χ4n) is 2.81. The van der Waals surface area contributed by atoms with Crippen LogP contribution in [0.15, 0.2) is 30.3 Å². The summed E-state index contributed by atoms with van der Waals surface area (Å²) in [5.41, 5.74) is 7.86. The van der Waals surface area contributed by atoms with E-state index in [9.17, 15) is 9.59 Å². The Morgan fingerprint density at radius 3 is 2.39 bits per heavy atom. The lowest BCUT2D eigenvalue weighted by molar-refractivity contribution is -0.117. The van der Waals surface area contributed by atoms with Crippen molar-refractivity contribution in [1.82, 2.24) is 0 Å². The number of hydrogen-bond donors (Lipinski definition) is 2. The van der Waals surface area contributed by atoms with E-state index in [1.54, 1.807) is 0 Å². The molecular weight excluding hydrogens is 308 g/mol. The highest BCUT2D eigenvalue weighted by atomic mass is 32.1. The number of primary amides is 1. The highest BCUT2D eigenvalue weighted by Gasteiger charge is 2.24. The lowest BCUT2D eigenvalue weighted by atomic mass is 9.95. The van der Waals surface area contributed by atoms with Gasteiger partial charge in [0.05, 0.1) is 11.5 Å². The number of anilines is 1. The van der Waals surface area contributed by atoms with E-state index < -0.39 is 5.91 Å². The van der Waals surface area contributed by atoms with Crippen molar-refractivity contribution < 1.29 is 9.59 Å². The average Bonchev–Trinajstić information content (AvgIpc) is 2.84. The second kappa shape index (κ2) is 7.42. The predicted octanol–water partition coefficient (Wildman–Crippen LogP) is 3.85. The van der Waals surface area contributed by atoms with Gasteiger partial charge in [-0.1, -0.05) is 44.2 Å². The zero-order valence-corrected chi connectivity index (χ0v) is 14.5. The van der Waals surface area contributed by atoms with Crippen LogP contribution >= 0.6 is 11.3 Å². The van der Waals surface area contributed by atoms with Crippen LogP contribution in [0.3, 0.4) is 0 Å². The van der Waals surface area contributed by atoms with E-state index in [-0.39, 0.29) is 11.8 Å². The van der Waals surface area contributed by atoms with Crippen LogP contribution < -0.4 is 11.1 Å². The first-order chi connectivity index (χ1) is 11.0. The molecule has 0 bridgehead atoms. The first-order valence-corrected chi connectivity index (χ1v) is 8.59. The molecule has 0 aliphatic rings. The van der Waals surface area contributed by atoms with Crippen molar-refractivity contribution in [2.24, 2.45) is 5.73 Å². The van der Waals surface area contributed by atoms with Gasteiger partial charge in [0.1, 0.15) is 5.00 Å². The summed E-state index contributed by atoms with van der Waals surface area (Å²) in [5, 5.41) is 3.48. The number of nitrogens with one attached hydrogen (secondary N) is 1. The summed E-state index contributed by atoms with van der Waals surface area (Å²) in [6.45, 7) is 5.90. The van der Waals surface area contributed by atoms with Crippen LogP contribution in [0.1, 0.15) is 52.5 Å². The normalized spacial score (nSPS) is 12.0. The molecule has 1 heterocycles. The molecule has 4 nitrogen and oxygen atoms in total. The van der Waals surface area contributed by atoms with Crippen LogP contribution in [0, 0.1) is 6.92 Å². The standard InChI is InChI=1S/C18H22N2O2S/c1-4-13-11(3)23-18(15(13)16(19)21)20-17(22)14(5-2)12-9-7-6-8-10-12/h6-10,14H,4-5H2,1-3H3,(H2,19,21)(H,20,22)/t14-/m1/s1. The molecule has 0 aliphatic carbocycles. The van der Waals surface area contributed by atoms with Crippen LogP contribution in [0.4, 0.5) is 5.00 Å². The molecule has 1 aromatic heterocycles. The molecule has 0 saturated carbocycles. The van der Waals surface area contributed by atoms with Gasteiger partial charge in [-0.15, -0.1) is 11.3 Å². The summed E-state index contributed by atoms with van der Waals surface area (Å²) in [6, 6.07) is 9.66. The quantitative estimate of drug-likeness (QED) is 0.844. The molecule has 0 fully saturated rings. The Hall–Kier alpha value is -2.14. The maximum absolute atomic E-state index is 12.7. The lowest BCUT2D eigenvalue weighted by Gasteiger charge is -2.15. The Balaban J connectivity index is 2.31. The van der Waals surface area contributed by atoms with E-state index in [0.29, 0.717) is 23.4 Å². The molecule has 5 heteroatoms. The summed E-state index contributed by atoms with van der Waals surface area (Å²) in [6.07, 6.45) is 1.40. The SMILES string of the molecule is CCc1c(C)sc(NC(=O)[C@H](CC)c2ccccc2)c1C(N)=O. The van der Waals surface area contributed by atoms with Crippen molar-refractivity contribution in [3.8, 4) is 0 Å². The smallest absolute Gasteiger partial charge is 0.251 e. The molecule has 23 heavy (non-hydrogen) atoms. The van der Waals surface area contributed by atoms with Gasteiger partial charge in [0, 0.05) is 4.88 Å². The van der Waals surface area contributed by atoms with Crippen LogP contribution in [-0.2, 0) is 11.2 Å². The van der Waals surface area contributed by atoms with Gasteiger partial charge in [-0.3, -0.25) is 9.59 Å². The number of aryl methyl sites for hydroxylation is 1. The van der Waals surface area contributed by atoms with Crippen molar-refractivity contribution >= 4 is 28.2 Å². The summed E-state index contributed by atoms with van der Waals surface area (Å²) >= 11 is 1.41. The molecule has 3 N–H and O–H groups in total. The number of thiophene rings is 1. The van der Waals surface area contributed by atoms with E-state index in [1.807, 2.05) is 51.1 Å². The van der Waals surface area contributed by atoms with Gasteiger partial charge in [-0.05, 0) is 30.9 Å². The van der Waals surface area contributed by atoms with Crippen molar-refractivity contribution in [2.45, 2.75) is 39.5 Å². The molecule has 0 unspecified atom stereocenters. The van der Waals surface area contributed by atoms with Crippen molar-refractivity contribution in [3.05, 3.63) is 51.9 Å². The molecule has 2 amide bonds. The van der Waals surface area contributed by atoms with E-state index in [4.69, 9.17) is 5.73 Å². The third-order valence-corrected chi connectivity index (χ3v) is 5.04. The van der Waals surface area contributed by atoms with Gasteiger partial charge in [-0.25, -0.2) is 0 Å². The molecule has 2 aromatic rings. The molecule has 0 radical (unpaired) electrons. The van der Waals surface area contributed by atoms with Gasteiger partial charge >= 0.3 is 0 Å². The minimum atomic E-state index is -0.491. The summed E-state index contributed by atoms with van der Waals surface area (Å²) in [7, 11) is 0. The Morgan fingerprint density at radius 2 is 1.87 bits per heavy atom. The van der Waals surface area contributed by atoms with E-state index in [1.165, 1.54) is 11.3 Å². The number of nitrogens with two attached hydrogens (primary N) is 1. The Morgan fingerprint density at radius 1 is 1.22 bits per heavy atom. The minimum absolute atomic E-state index is 0.106. The molecule has 1 atom stereocenters. The van der Waals surface area contributed by atoms with Gasteiger partial charge in [0.15, 0.2) is 0 Å². The molecular formula is C18H22N2O2S. The van der Waals surface area contributed by atoms with Crippen molar-refractivity contribution in [3.63, 3.8) is 0 Å². The third-order valence-electron chi connectivity index (χ3n) is 3.97. The highest BCUT2D eigenvalue weighted by Crippen LogP contribution is 2.34. The zero-order valence-electron chi connectivity index (χ0n) is 13.7. The molecule has 0 aliphatic heterocycles. The number of carbonyl (C=O) groups is 2. The number of carbonyl (C=O) groups excluding carboxylic acids is 2. The number of amides is 2. The van der Waals surface area contributed by atoms with Crippen LogP contribution in [0.2, 0.25) is 0 Å². The Bertz CT molecular complexity index is 707. The summed E-state index contributed by atoms with van der Waals surface area (Å²) in [4.78, 5) is 25.5. The molecule has 0 spiro atoms. The molecule has 122 valence electrons. The monoisotopic (exact) mass is 330 g/mol. The lowest BCUT2D eigenvalue weighted by Crippen LogP contribution is -2.22. The van der Waals surface area contributed by atoms with E-state index in [0.717, 1.165) is 16.0 Å². The van der Waals surface area contributed by atoms with Crippen molar-refractivity contribution in [1.29, 1.82) is 0 Å². The number of hydrogen-bond acceptors (Lipinski definition) is 3. The highest BCUT2D eigenvalue weighted by molar-refractivity contribution is 7.16. The maximum Gasteiger partial charge on any atom is 0.251 e. The number of rotatable bonds is 6. The summed E-state index contributed by atoms with van der Waals surface area (Å²) < 4.78 is 0. The average molecular weight is 330 g/mol. The second-order valence-electron chi connectivity index (χ2n) is 5.42. The topological polar surface area (TPSA) is 72.2 Å².